The number of aryl methyl sites for hydroxylation is 2. The first-order chi connectivity index (χ1) is 9.11. The molecule has 1 heterocycles. The number of likely N-dealkylation sites (tertiary alicyclic amines) is 1. The van der Waals surface area contributed by atoms with Gasteiger partial charge in [-0.15, -0.1) is 0 Å². The molecule has 1 aromatic carbocycles. The Morgan fingerprint density at radius 3 is 2.79 bits per heavy atom. The van der Waals surface area contributed by atoms with Crippen LogP contribution in [0.3, 0.4) is 0 Å². The second kappa shape index (κ2) is 6.20. The summed E-state index contributed by atoms with van der Waals surface area (Å²) >= 11 is 0. The Kier molecular flexibility index (Phi) is 4.59. The predicted molar refractivity (Wildman–Crippen MR) is 78.0 cm³/mol. The van der Waals surface area contributed by atoms with E-state index in [0.29, 0.717) is 13.0 Å². The third-order valence-electron chi connectivity index (χ3n) is 4.15. The highest BCUT2D eigenvalue weighted by Gasteiger charge is 2.25. The molecule has 104 valence electrons. The maximum absolute atomic E-state index is 12.4. The zero-order chi connectivity index (χ0) is 13.8. The summed E-state index contributed by atoms with van der Waals surface area (Å²) in [5, 5.41) is 0. The first-order valence-corrected chi connectivity index (χ1v) is 7.17. The number of amides is 1. The van der Waals surface area contributed by atoms with Gasteiger partial charge in [-0.25, -0.2) is 0 Å². The van der Waals surface area contributed by atoms with E-state index in [-0.39, 0.29) is 11.9 Å². The molecule has 0 aliphatic carbocycles. The van der Waals surface area contributed by atoms with Crippen molar-refractivity contribution in [3.05, 3.63) is 34.9 Å². The zero-order valence-electron chi connectivity index (χ0n) is 12.0. The molecule has 0 bridgehead atoms. The SMILES string of the molecule is Cc1ccc(CC(=O)N2CCCCC2CN)cc1C. The summed E-state index contributed by atoms with van der Waals surface area (Å²) in [6, 6.07) is 6.51. The van der Waals surface area contributed by atoms with Crippen molar-refractivity contribution in [2.24, 2.45) is 5.73 Å². The maximum atomic E-state index is 12.4. The lowest BCUT2D eigenvalue weighted by Gasteiger charge is -2.35. The molecular weight excluding hydrogens is 236 g/mol. The molecule has 1 amide bonds. The quantitative estimate of drug-likeness (QED) is 0.905. The summed E-state index contributed by atoms with van der Waals surface area (Å²) < 4.78 is 0. The molecule has 0 radical (unpaired) electrons. The average molecular weight is 260 g/mol. The molecule has 0 spiro atoms. The van der Waals surface area contributed by atoms with Gasteiger partial charge in [-0.05, 0) is 49.8 Å². The summed E-state index contributed by atoms with van der Waals surface area (Å²) in [5.41, 5.74) is 9.40. The van der Waals surface area contributed by atoms with E-state index < -0.39 is 0 Å². The highest BCUT2D eigenvalue weighted by Crippen LogP contribution is 2.18. The highest BCUT2D eigenvalue weighted by atomic mass is 16.2. The van der Waals surface area contributed by atoms with Gasteiger partial charge in [0.2, 0.25) is 5.91 Å². The lowest BCUT2D eigenvalue weighted by Crippen LogP contribution is -2.48. The van der Waals surface area contributed by atoms with Crippen LogP contribution >= 0.6 is 0 Å². The fourth-order valence-corrected chi connectivity index (χ4v) is 2.76. The fraction of sp³-hybridized carbons (Fsp3) is 0.562. The lowest BCUT2D eigenvalue weighted by atomic mass is 9.99. The lowest BCUT2D eigenvalue weighted by molar-refractivity contribution is -0.133. The van der Waals surface area contributed by atoms with E-state index in [1.54, 1.807) is 0 Å². The molecule has 0 saturated carbocycles. The van der Waals surface area contributed by atoms with E-state index in [2.05, 4.69) is 32.0 Å². The standard InChI is InChI=1S/C16H24N2O/c1-12-6-7-14(9-13(12)2)10-16(19)18-8-4-3-5-15(18)11-17/h6-7,9,15H,3-5,8,10-11,17H2,1-2H3. The summed E-state index contributed by atoms with van der Waals surface area (Å²) in [7, 11) is 0. The van der Waals surface area contributed by atoms with Gasteiger partial charge in [0.05, 0.1) is 6.42 Å². The summed E-state index contributed by atoms with van der Waals surface area (Å²) in [6.45, 7) is 5.63. The highest BCUT2D eigenvalue weighted by molar-refractivity contribution is 5.79. The van der Waals surface area contributed by atoms with Gasteiger partial charge in [-0.3, -0.25) is 4.79 Å². The molecule has 1 unspecified atom stereocenters. The van der Waals surface area contributed by atoms with E-state index >= 15 is 0 Å². The Hall–Kier alpha value is -1.35. The minimum atomic E-state index is 0.221. The summed E-state index contributed by atoms with van der Waals surface area (Å²) in [4.78, 5) is 14.4. The zero-order valence-corrected chi connectivity index (χ0v) is 12.0. The van der Waals surface area contributed by atoms with E-state index in [1.807, 2.05) is 4.90 Å². The third-order valence-corrected chi connectivity index (χ3v) is 4.15. The maximum Gasteiger partial charge on any atom is 0.227 e. The van der Waals surface area contributed by atoms with Gasteiger partial charge in [-0.1, -0.05) is 18.2 Å². The van der Waals surface area contributed by atoms with Gasteiger partial charge in [0.1, 0.15) is 0 Å². The smallest absolute Gasteiger partial charge is 0.227 e. The molecule has 1 aromatic rings. The normalized spacial score (nSPS) is 19.5. The van der Waals surface area contributed by atoms with E-state index in [1.165, 1.54) is 17.5 Å². The van der Waals surface area contributed by atoms with Crippen LogP contribution in [0.2, 0.25) is 0 Å². The van der Waals surface area contributed by atoms with E-state index in [0.717, 1.165) is 24.9 Å². The van der Waals surface area contributed by atoms with Crippen molar-refractivity contribution in [1.29, 1.82) is 0 Å². The van der Waals surface area contributed by atoms with Crippen molar-refractivity contribution < 1.29 is 4.79 Å². The molecule has 0 aromatic heterocycles. The Bertz CT molecular complexity index is 456. The monoisotopic (exact) mass is 260 g/mol. The number of hydrogen-bond acceptors (Lipinski definition) is 2. The first-order valence-electron chi connectivity index (χ1n) is 7.17. The Labute approximate surface area is 115 Å². The van der Waals surface area contributed by atoms with Crippen LogP contribution in [0, 0.1) is 13.8 Å². The summed E-state index contributed by atoms with van der Waals surface area (Å²) in [6.07, 6.45) is 3.84. The van der Waals surface area contributed by atoms with Crippen molar-refractivity contribution in [3.63, 3.8) is 0 Å². The number of nitrogens with zero attached hydrogens (tertiary/aromatic N) is 1. The minimum Gasteiger partial charge on any atom is -0.338 e. The molecule has 2 N–H and O–H groups in total. The van der Waals surface area contributed by atoms with Gasteiger partial charge in [0.25, 0.3) is 0 Å². The van der Waals surface area contributed by atoms with Crippen molar-refractivity contribution in [1.82, 2.24) is 4.90 Å². The van der Waals surface area contributed by atoms with Crippen LogP contribution in [0.1, 0.15) is 36.0 Å². The van der Waals surface area contributed by atoms with Gasteiger partial charge in [-0.2, -0.15) is 0 Å². The average Bonchev–Trinajstić information content (AvgIpc) is 2.43. The second-order valence-electron chi connectivity index (χ2n) is 5.57. The number of rotatable bonds is 3. The number of carbonyl (C=O) groups excluding carboxylic acids is 1. The predicted octanol–water partition coefficient (Wildman–Crippen LogP) is 2.19. The van der Waals surface area contributed by atoms with Crippen LogP contribution in [-0.4, -0.2) is 29.9 Å². The molecule has 3 heteroatoms. The second-order valence-corrected chi connectivity index (χ2v) is 5.57. The number of piperidine rings is 1. The molecule has 1 atom stereocenters. The number of hydrogen-bond donors (Lipinski definition) is 1. The van der Waals surface area contributed by atoms with Gasteiger partial charge >= 0.3 is 0 Å². The molecule has 2 rings (SSSR count). The van der Waals surface area contributed by atoms with Crippen LogP contribution < -0.4 is 5.73 Å². The topological polar surface area (TPSA) is 46.3 Å². The van der Waals surface area contributed by atoms with Crippen LogP contribution in [0.4, 0.5) is 0 Å². The third kappa shape index (κ3) is 3.35. The Morgan fingerprint density at radius 2 is 2.11 bits per heavy atom. The van der Waals surface area contributed by atoms with Crippen LogP contribution in [0.15, 0.2) is 18.2 Å². The van der Waals surface area contributed by atoms with Crippen LogP contribution in [0.5, 0.6) is 0 Å². The van der Waals surface area contributed by atoms with Crippen molar-refractivity contribution in [3.8, 4) is 0 Å². The van der Waals surface area contributed by atoms with Crippen LogP contribution in [0.25, 0.3) is 0 Å². The van der Waals surface area contributed by atoms with E-state index in [4.69, 9.17) is 5.73 Å². The van der Waals surface area contributed by atoms with Crippen molar-refractivity contribution in [2.45, 2.75) is 45.6 Å². The molecule has 1 aliphatic rings. The number of nitrogens with two attached hydrogens (primary N) is 1. The first kappa shape index (κ1) is 14.1. The Morgan fingerprint density at radius 1 is 1.32 bits per heavy atom. The molecule has 1 saturated heterocycles. The van der Waals surface area contributed by atoms with Crippen molar-refractivity contribution >= 4 is 5.91 Å². The largest absolute Gasteiger partial charge is 0.338 e. The van der Waals surface area contributed by atoms with Gasteiger partial charge in [0.15, 0.2) is 0 Å². The molecule has 3 nitrogen and oxygen atoms in total. The van der Waals surface area contributed by atoms with E-state index in [9.17, 15) is 4.79 Å². The number of benzene rings is 1. The van der Waals surface area contributed by atoms with Crippen molar-refractivity contribution in [2.75, 3.05) is 13.1 Å². The molecule has 19 heavy (non-hydrogen) atoms. The van der Waals surface area contributed by atoms with Gasteiger partial charge < -0.3 is 10.6 Å². The molecule has 1 fully saturated rings. The molecular formula is C16H24N2O. The summed E-state index contributed by atoms with van der Waals surface area (Å²) in [5.74, 6) is 0.221. The molecule has 1 aliphatic heterocycles. The fourth-order valence-electron chi connectivity index (χ4n) is 2.76. The van der Waals surface area contributed by atoms with Gasteiger partial charge in [0, 0.05) is 19.1 Å². The number of carbonyl (C=O) groups is 1. The minimum absolute atomic E-state index is 0.221. The van der Waals surface area contributed by atoms with Crippen LogP contribution in [-0.2, 0) is 11.2 Å². The Balaban J connectivity index is 2.05.